The Kier molecular flexibility index (Phi) is 7.41. The van der Waals surface area contributed by atoms with Crippen molar-refractivity contribution in [2.24, 2.45) is 0 Å². The summed E-state index contributed by atoms with van der Waals surface area (Å²) in [6.45, 7) is 6.62. The van der Waals surface area contributed by atoms with Crippen molar-refractivity contribution in [2.45, 2.75) is 32.8 Å². The second kappa shape index (κ2) is 10.9. The third kappa shape index (κ3) is 5.75. The molecule has 0 saturated heterocycles. The third-order valence-electron chi connectivity index (χ3n) is 6.40. The minimum Gasteiger partial charge on any atom is -0.444 e. The van der Waals surface area contributed by atoms with Gasteiger partial charge in [-0.05, 0) is 80.8 Å². The van der Waals surface area contributed by atoms with Crippen LogP contribution < -0.4 is 4.90 Å². The van der Waals surface area contributed by atoms with Gasteiger partial charge in [-0.1, -0.05) is 6.08 Å². The van der Waals surface area contributed by atoms with Gasteiger partial charge in [0.05, 0.1) is 11.8 Å². The van der Waals surface area contributed by atoms with E-state index in [0.29, 0.717) is 25.2 Å². The van der Waals surface area contributed by atoms with Crippen LogP contribution in [0.15, 0.2) is 60.1 Å². The van der Waals surface area contributed by atoms with Gasteiger partial charge in [0.15, 0.2) is 5.13 Å². The number of nitrogens with zero attached hydrogens (tertiary/aromatic N) is 6. The molecule has 0 fully saturated rings. The van der Waals surface area contributed by atoms with Crippen LogP contribution in [0.1, 0.15) is 38.4 Å². The largest absolute Gasteiger partial charge is 0.444 e. The maximum absolute atomic E-state index is 13.4. The normalized spacial score (nSPS) is 13.9. The summed E-state index contributed by atoms with van der Waals surface area (Å²) < 4.78 is 20.9. The first-order chi connectivity index (χ1) is 19.1. The van der Waals surface area contributed by atoms with Crippen molar-refractivity contribution in [2.75, 3.05) is 25.0 Å². The molecule has 1 amide bonds. The van der Waals surface area contributed by atoms with Gasteiger partial charge < -0.3 is 14.5 Å². The van der Waals surface area contributed by atoms with Crippen LogP contribution in [-0.2, 0) is 4.74 Å². The molecule has 0 saturated carbocycles. The fourth-order valence-electron chi connectivity index (χ4n) is 4.49. The van der Waals surface area contributed by atoms with Crippen molar-refractivity contribution < 1.29 is 13.9 Å². The average molecular weight is 557 g/mol. The van der Waals surface area contributed by atoms with E-state index in [9.17, 15) is 9.18 Å². The van der Waals surface area contributed by atoms with Crippen molar-refractivity contribution >= 4 is 45.7 Å². The molecular formula is C30H29FN6O2S. The van der Waals surface area contributed by atoms with Gasteiger partial charge in [0.1, 0.15) is 28.6 Å². The number of hydrogen-bond donors (Lipinski definition) is 0. The van der Waals surface area contributed by atoms with Gasteiger partial charge in [-0.2, -0.15) is 5.26 Å². The molecule has 0 aliphatic carbocycles. The second-order valence-corrected chi connectivity index (χ2v) is 11.3. The Labute approximate surface area is 236 Å². The van der Waals surface area contributed by atoms with Crippen molar-refractivity contribution in [3.8, 4) is 17.3 Å². The zero-order chi connectivity index (χ0) is 28.4. The molecule has 204 valence electrons. The van der Waals surface area contributed by atoms with Gasteiger partial charge in [-0.3, -0.25) is 4.40 Å². The molecule has 0 atom stereocenters. The summed E-state index contributed by atoms with van der Waals surface area (Å²) in [6, 6.07) is 12.3. The fraction of sp³-hybridized carbons (Fsp3) is 0.267. The lowest BCUT2D eigenvalue weighted by Crippen LogP contribution is -2.39. The number of hydrogen-bond acceptors (Lipinski definition) is 7. The van der Waals surface area contributed by atoms with E-state index in [1.165, 1.54) is 29.5 Å². The lowest BCUT2D eigenvalue weighted by atomic mass is 10.0. The molecule has 0 unspecified atom stereocenters. The molecule has 1 aliphatic rings. The van der Waals surface area contributed by atoms with Gasteiger partial charge in [0, 0.05) is 43.4 Å². The third-order valence-corrected chi connectivity index (χ3v) is 7.32. The van der Waals surface area contributed by atoms with Gasteiger partial charge >= 0.3 is 6.09 Å². The molecule has 1 aliphatic heterocycles. The summed E-state index contributed by atoms with van der Waals surface area (Å²) in [7, 11) is 1.91. The standard InChI is InChI=1S/C30H29FN6O2S/c1-30(2,3)39-29(38)36-16-13-20(14-17-36)22-9-12-26-33-24(6-5-15-32)27(37(26)18-22)35(4)28-34-25(19-40-28)21-7-10-23(31)11-8-21/h5-13,18-19H,14,16-17H2,1-4H3. The van der Waals surface area contributed by atoms with Crippen LogP contribution in [0.3, 0.4) is 0 Å². The number of thiazole rings is 1. The first-order valence-corrected chi connectivity index (χ1v) is 13.7. The Morgan fingerprint density at radius 2 is 1.93 bits per heavy atom. The minimum absolute atomic E-state index is 0.294. The van der Waals surface area contributed by atoms with Crippen LogP contribution in [0.2, 0.25) is 0 Å². The lowest BCUT2D eigenvalue weighted by molar-refractivity contribution is 0.0270. The highest BCUT2D eigenvalue weighted by Gasteiger charge is 2.25. The number of nitriles is 1. The molecular weight excluding hydrogens is 527 g/mol. The van der Waals surface area contributed by atoms with Gasteiger partial charge in [0.25, 0.3) is 0 Å². The molecule has 5 rings (SSSR count). The van der Waals surface area contributed by atoms with Crippen LogP contribution in [0.4, 0.5) is 20.1 Å². The molecule has 3 aromatic heterocycles. The van der Waals surface area contributed by atoms with E-state index in [1.807, 2.05) is 66.9 Å². The number of fused-ring (bicyclic) bond motifs is 1. The van der Waals surface area contributed by atoms with Crippen LogP contribution in [0.5, 0.6) is 0 Å². The van der Waals surface area contributed by atoms with Crippen molar-refractivity contribution in [3.63, 3.8) is 0 Å². The predicted octanol–water partition coefficient (Wildman–Crippen LogP) is 6.93. The Balaban J connectivity index is 1.47. The zero-order valence-corrected chi connectivity index (χ0v) is 23.6. The predicted molar refractivity (Wildman–Crippen MR) is 156 cm³/mol. The van der Waals surface area contributed by atoms with Crippen LogP contribution >= 0.6 is 11.3 Å². The van der Waals surface area contributed by atoms with Crippen LogP contribution in [0.25, 0.3) is 28.6 Å². The number of halogens is 1. The lowest BCUT2D eigenvalue weighted by Gasteiger charge is -2.29. The van der Waals surface area contributed by atoms with E-state index < -0.39 is 5.60 Å². The van der Waals surface area contributed by atoms with E-state index >= 15 is 0 Å². The van der Waals surface area contributed by atoms with E-state index in [0.717, 1.165) is 39.0 Å². The molecule has 4 heterocycles. The zero-order valence-electron chi connectivity index (χ0n) is 22.8. The molecule has 4 aromatic rings. The van der Waals surface area contributed by atoms with E-state index in [4.69, 9.17) is 20.0 Å². The Morgan fingerprint density at radius 3 is 2.60 bits per heavy atom. The SMILES string of the molecule is CN(c1nc(-c2ccc(F)cc2)cs1)c1c(C=CC#N)nc2ccc(C3=CCN(C(=O)OC(C)(C)C)CC3)cn12. The maximum Gasteiger partial charge on any atom is 0.410 e. The van der Waals surface area contributed by atoms with Gasteiger partial charge in [-0.15, -0.1) is 11.3 Å². The van der Waals surface area contributed by atoms with E-state index in [-0.39, 0.29) is 11.9 Å². The number of ether oxygens (including phenoxy) is 1. The highest BCUT2D eigenvalue weighted by atomic mass is 32.1. The number of aromatic nitrogens is 3. The molecule has 0 bridgehead atoms. The first kappa shape index (κ1) is 27.1. The minimum atomic E-state index is -0.537. The Morgan fingerprint density at radius 1 is 1.18 bits per heavy atom. The monoisotopic (exact) mass is 556 g/mol. The number of benzene rings is 1. The number of carbonyl (C=O) groups excluding carboxylic acids is 1. The number of imidazole rings is 1. The molecule has 1 aromatic carbocycles. The number of pyridine rings is 1. The van der Waals surface area contributed by atoms with Crippen molar-refractivity contribution in [3.05, 3.63) is 77.2 Å². The number of allylic oxidation sites excluding steroid dienone is 1. The van der Waals surface area contributed by atoms with E-state index in [2.05, 4.69) is 6.08 Å². The smallest absolute Gasteiger partial charge is 0.410 e. The molecule has 10 heteroatoms. The molecule has 8 nitrogen and oxygen atoms in total. The highest BCUT2D eigenvalue weighted by molar-refractivity contribution is 7.14. The molecule has 40 heavy (non-hydrogen) atoms. The fourth-order valence-corrected chi connectivity index (χ4v) is 5.29. The summed E-state index contributed by atoms with van der Waals surface area (Å²) in [5, 5.41) is 11.8. The summed E-state index contributed by atoms with van der Waals surface area (Å²) >= 11 is 1.47. The Bertz CT molecular complexity index is 1660. The molecule has 0 radical (unpaired) electrons. The number of carbonyl (C=O) groups is 1. The maximum atomic E-state index is 13.4. The first-order valence-electron chi connectivity index (χ1n) is 12.8. The molecule has 0 spiro atoms. The van der Waals surface area contributed by atoms with Crippen LogP contribution in [-0.4, -0.2) is 51.1 Å². The molecule has 0 N–H and O–H groups in total. The van der Waals surface area contributed by atoms with Gasteiger partial charge in [-0.25, -0.2) is 19.2 Å². The quantitative estimate of drug-likeness (QED) is 0.248. The highest BCUT2D eigenvalue weighted by Crippen LogP contribution is 2.35. The number of anilines is 2. The summed E-state index contributed by atoms with van der Waals surface area (Å²) in [6.07, 6.45) is 7.56. The van der Waals surface area contributed by atoms with Crippen LogP contribution in [0, 0.1) is 17.1 Å². The number of rotatable bonds is 5. The Hall–Kier alpha value is -4.49. The van der Waals surface area contributed by atoms with Crippen molar-refractivity contribution in [1.82, 2.24) is 19.3 Å². The summed E-state index contributed by atoms with van der Waals surface area (Å²) in [5.74, 6) is 0.465. The van der Waals surface area contributed by atoms with Gasteiger partial charge in [0.2, 0.25) is 0 Å². The summed E-state index contributed by atoms with van der Waals surface area (Å²) in [4.78, 5) is 25.7. The number of amides is 1. The van der Waals surface area contributed by atoms with Crippen molar-refractivity contribution in [1.29, 1.82) is 5.26 Å². The summed E-state index contributed by atoms with van der Waals surface area (Å²) in [5.41, 5.74) is 4.55. The topological polar surface area (TPSA) is 86.8 Å². The second-order valence-electron chi connectivity index (χ2n) is 10.4. The van der Waals surface area contributed by atoms with E-state index in [1.54, 1.807) is 23.1 Å². The average Bonchev–Trinajstić information content (AvgIpc) is 3.56.